The maximum atomic E-state index is 12.8. The number of aromatic nitrogens is 1. The first-order valence-corrected chi connectivity index (χ1v) is 12.0. The fourth-order valence-electron chi connectivity index (χ4n) is 4.86. The van der Waals surface area contributed by atoms with Gasteiger partial charge in [-0.05, 0) is 76.1 Å². The van der Waals surface area contributed by atoms with Crippen LogP contribution in [0.25, 0.3) is 5.69 Å². The number of rotatable bonds is 7. The molecule has 2 heterocycles. The molecule has 0 unspecified atom stereocenters. The van der Waals surface area contributed by atoms with Gasteiger partial charge in [-0.1, -0.05) is 30.3 Å². The van der Waals surface area contributed by atoms with Gasteiger partial charge in [-0.15, -0.1) is 0 Å². The van der Waals surface area contributed by atoms with Crippen molar-refractivity contribution in [1.29, 1.82) is 0 Å². The van der Waals surface area contributed by atoms with Gasteiger partial charge in [0.05, 0.1) is 5.56 Å². The Morgan fingerprint density at radius 3 is 2.36 bits per heavy atom. The van der Waals surface area contributed by atoms with E-state index in [0.717, 1.165) is 61.8 Å². The summed E-state index contributed by atoms with van der Waals surface area (Å²) in [7, 11) is 0. The first-order chi connectivity index (χ1) is 16.0. The smallest absolute Gasteiger partial charge is 0.253 e. The van der Waals surface area contributed by atoms with E-state index in [0.29, 0.717) is 6.54 Å². The van der Waals surface area contributed by atoms with E-state index in [1.165, 1.54) is 16.8 Å². The molecule has 4 rings (SSSR count). The van der Waals surface area contributed by atoms with E-state index in [9.17, 15) is 4.79 Å². The lowest BCUT2D eigenvalue weighted by Crippen LogP contribution is -2.47. The van der Waals surface area contributed by atoms with Gasteiger partial charge in [0.25, 0.3) is 5.91 Å². The van der Waals surface area contributed by atoms with Crippen LogP contribution in [0.15, 0.2) is 54.6 Å². The summed E-state index contributed by atoms with van der Waals surface area (Å²) in [6, 6.07) is 18.8. The number of benzene rings is 2. The Kier molecular flexibility index (Phi) is 7.19. The van der Waals surface area contributed by atoms with Gasteiger partial charge >= 0.3 is 0 Å². The molecule has 1 aromatic heterocycles. The molecule has 1 fully saturated rings. The van der Waals surface area contributed by atoms with Gasteiger partial charge in [0.1, 0.15) is 0 Å². The molecular formula is C28H36N4O. The minimum absolute atomic E-state index is 0.0185. The number of para-hydroxylation sites is 1. The molecule has 2 aromatic carbocycles. The lowest BCUT2D eigenvalue weighted by molar-refractivity contribution is 0.0951. The largest absolute Gasteiger partial charge is 0.369 e. The highest BCUT2D eigenvalue weighted by Gasteiger charge is 2.19. The second kappa shape index (κ2) is 10.3. The minimum atomic E-state index is 0.0185. The zero-order valence-electron chi connectivity index (χ0n) is 20.4. The molecule has 3 aromatic rings. The number of piperazine rings is 1. The molecular weight excluding hydrogens is 408 g/mol. The fourth-order valence-corrected chi connectivity index (χ4v) is 4.86. The van der Waals surface area contributed by atoms with Crippen molar-refractivity contribution in [3.8, 4) is 5.69 Å². The van der Waals surface area contributed by atoms with Crippen LogP contribution >= 0.6 is 0 Å². The second-order valence-corrected chi connectivity index (χ2v) is 9.11. The summed E-state index contributed by atoms with van der Waals surface area (Å²) in [5.41, 5.74) is 8.03. The monoisotopic (exact) mass is 444 g/mol. The first-order valence-electron chi connectivity index (χ1n) is 12.0. The Labute approximate surface area is 198 Å². The van der Waals surface area contributed by atoms with Crippen LogP contribution in [0.1, 0.15) is 39.3 Å². The van der Waals surface area contributed by atoms with Crippen molar-refractivity contribution in [2.45, 2.75) is 34.1 Å². The Hall–Kier alpha value is -3.05. The SMILES string of the molecule is Cc1cccc(N2CCN(CCCNC(=O)c3cc(C)n(-c4ccccc4)c3C)CC2)c1C. The highest BCUT2D eigenvalue weighted by atomic mass is 16.1. The van der Waals surface area contributed by atoms with Crippen molar-refractivity contribution in [3.63, 3.8) is 0 Å². The van der Waals surface area contributed by atoms with Crippen LogP contribution in [-0.4, -0.2) is 54.6 Å². The molecule has 1 aliphatic rings. The lowest BCUT2D eigenvalue weighted by atomic mass is 10.1. The normalized spacial score (nSPS) is 14.5. The average Bonchev–Trinajstić information content (AvgIpc) is 3.13. The summed E-state index contributed by atoms with van der Waals surface area (Å²) < 4.78 is 2.14. The fraction of sp³-hybridized carbons (Fsp3) is 0.393. The number of nitrogens with zero attached hydrogens (tertiary/aromatic N) is 3. The molecule has 0 aliphatic carbocycles. The second-order valence-electron chi connectivity index (χ2n) is 9.11. The van der Waals surface area contributed by atoms with Gasteiger partial charge in [0.2, 0.25) is 0 Å². The van der Waals surface area contributed by atoms with Crippen LogP contribution < -0.4 is 10.2 Å². The van der Waals surface area contributed by atoms with E-state index in [1.54, 1.807) is 0 Å². The van der Waals surface area contributed by atoms with E-state index in [4.69, 9.17) is 0 Å². The molecule has 5 nitrogen and oxygen atoms in total. The summed E-state index contributed by atoms with van der Waals surface area (Å²) in [5.74, 6) is 0.0185. The van der Waals surface area contributed by atoms with Gasteiger partial charge < -0.3 is 14.8 Å². The summed E-state index contributed by atoms with van der Waals surface area (Å²) in [6.07, 6.45) is 0.965. The van der Waals surface area contributed by atoms with Gasteiger partial charge in [0.15, 0.2) is 0 Å². The van der Waals surface area contributed by atoms with E-state index >= 15 is 0 Å². The zero-order chi connectivity index (χ0) is 23.4. The third kappa shape index (κ3) is 5.14. The molecule has 0 radical (unpaired) electrons. The summed E-state index contributed by atoms with van der Waals surface area (Å²) in [4.78, 5) is 17.8. The van der Waals surface area contributed by atoms with Gasteiger partial charge in [-0.3, -0.25) is 9.69 Å². The van der Waals surface area contributed by atoms with Gasteiger partial charge in [-0.2, -0.15) is 0 Å². The average molecular weight is 445 g/mol. The molecule has 0 atom stereocenters. The summed E-state index contributed by atoms with van der Waals surface area (Å²) in [6.45, 7) is 14.4. The Morgan fingerprint density at radius 1 is 0.909 bits per heavy atom. The molecule has 1 N–H and O–H groups in total. The number of carbonyl (C=O) groups excluding carboxylic acids is 1. The van der Waals surface area contributed by atoms with Crippen LogP contribution in [0.4, 0.5) is 5.69 Å². The number of amides is 1. The third-order valence-corrected chi connectivity index (χ3v) is 6.92. The van der Waals surface area contributed by atoms with Crippen LogP contribution in [0.2, 0.25) is 0 Å². The first kappa shape index (κ1) is 23.1. The topological polar surface area (TPSA) is 40.5 Å². The molecule has 1 saturated heterocycles. The van der Waals surface area contributed by atoms with Crippen LogP contribution in [0.5, 0.6) is 0 Å². The van der Waals surface area contributed by atoms with Crippen molar-refractivity contribution >= 4 is 11.6 Å². The minimum Gasteiger partial charge on any atom is -0.369 e. The molecule has 0 spiro atoms. The maximum absolute atomic E-state index is 12.8. The molecule has 33 heavy (non-hydrogen) atoms. The van der Waals surface area contributed by atoms with E-state index in [-0.39, 0.29) is 5.91 Å². The highest BCUT2D eigenvalue weighted by Crippen LogP contribution is 2.24. The van der Waals surface area contributed by atoms with Crippen LogP contribution in [0, 0.1) is 27.7 Å². The van der Waals surface area contributed by atoms with Crippen molar-refractivity contribution in [1.82, 2.24) is 14.8 Å². The Morgan fingerprint density at radius 2 is 1.64 bits per heavy atom. The van der Waals surface area contributed by atoms with Crippen molar-refractivity contribution in [3.05, 3.63) is 82.7 Å². The molecule has 0 saturated carbocycles. The number of hydrogen-bond donors (Lipinski definition) is 1. The standard InChI is InChI=1S/C28H36N4O/c1-21-10-8-13-27(23(21)3)31-18-16-30(17-19-31)15-9-14-29-28(33)26-20-22(2)32(24(26)4)25-11-6-5-7-12-25/h5-8,10-13,20H,9,14-19H2,1-4H3,(H,29,33). The molecule has 1 amide bonds. The zero-order valence-corrected chi connectivity index (χ0v) is 20.4. The number of anilines is 1. The van der Waals surface area contributed by atoms with Gasteiger partial charge in [-0.25, -0.2) is 0 Å². The third-order valence-electron chi connectivity index (χ3n) is 6.92. The predicted octanol–water partition coefficient (Wildman–Crippen LogP) is 4.65. The maximum Gasteiger partial charge on any atom is 0.253 e. The lowest BCUT2D eigenvalue weighted by Gasteiger charge is -2.37. The molecule has 1 aliphatic heterocycles. The molecule has 174 valence electrons. The number of aryl methyl sites for hydroxylation is 2. The summed E-state index contributed by atoms with van der Waals surface area (Å²) in [5, 5.41) is 3.13. The van der Waals surface area contributed by atoms with E-state index in [1.807, 2.05) is 31.2 Å². The number of carbonyl (C=O) groups is 1. The predicted molar refractivity (Wildman–Crippen MR) is 137 cm³/mol. The molecule has 5 heteroatoms. The number of hydrogen-bond acceptors (Lipinski definition) is 3. The van der Waals surface area contributed by atoms with Crippen LogP contribution in [-0.2, 0) is 0 Å². The van der Waals surface area contributed by atoms with E-state index in [2.05, 4.69) is 70.8 Å². The van der Waals surface area contributed by atoms with Gasteiger partial charge in [0, 0.05) is 55.5 Å². The summed E-state index contributed by atoms with van der Waals surface area (Å²) >= 11 is 0. The van der Waals surface area contributed by atoms with Crippen molar-refractivity contribution in [2.24, 2.45) is 0 Å². The van der Waals surface area contributed by atoms with Crippen LogP contribution in [0.3, 0.4) is 0 Å². The van der Waals surface area contributed by atoms with Crippen molar-refractivity contribution in [2.75, 3.05) is 44.2 Å². The highest BCUT2D eigenvalue weighted by molar-refractivity contribution is 5.95. The quantitative estimate of drug-likeness (QED) is 0.539. The Bertz CT molecular complexity index is 1090. The Balaban J connectivity index is 1.24. The van der Waals surface area contributed by atoms with E-state index < -0.39 is 0 Å². The molecule has 0 bridgehead atoms. The number of nitrogens with one attached hydrogen (secondary N) is 1. The van der Waals surface area contributed by atoms with Crippen molar-refractivity contribution < 1.29 is 4.79 Å².